The van der Waals surface area contributed by atoms with Gasteiger partial charge in [0.15, 0.2) is 17.5 Å². The predicted molar refractivity (Wildman–Crippen MR) is 127 cm³/mol. The lowest BCUT2D eigenvalue weighted by Crippen LogP contribution is -2.41. The second-order valence-corrected chi connectivity index (χ2v) is 7.01. The van der Waals surface area contributed by atoms with Gasteiger partial charge in [0, 0.05) is 31.7 Å². The molecular formula is C24H34N4O4. The fourth-order valence-corrected chi connectivity index (χ4v) is 3.03. The number of ether oxygens (including phenoxy) is 2. The summed E-state index contributed by atoms with van der Waals surface area (Å²) in [5.74, 6) is 2.18. The van der Waals surface area contributed by atoms with E-state index in [-0.39, 0.29) is 11.7 Å². The van der Waals surface area contributed by atoms with Gasteiger partial charge in [-0.2, -0.15) is 0 Å². The number of nitrogens with one attached hydrogen (secondary N) is 3. The molecule has 4 N–H and O–H groups in total. The fraction of sp³-hybridized carbons (Fsp3) is 0.417. The summed E-state index contributed by atoms with van der Waals surface area (Å²) in [7, 11) is 1.64. The molecule has 8 heteroatoms. The van der Waals surface area contributed by atoms with Gasteiger partial charge in [-0.25, -0.2) is 0 Å². The van der Waals surface area contributed by atoms with Crippen LogP contribution in [0, 0.1) is 0 Å². The van der Waals surface area contributed by atoms with E-state index in [0.717, 1.165) is 36.8 Å². The van der Waals surface area contributed by atoms with Gasteiger partial charge in [-0.3, -0.25) is 9.79 Å². The van der Waals surface area contributed by atoms with Crippen LogP contribution in [0.4, 0.5) is 0 Å². The Labute approximate surface area is 190 Å². The Morgan fingerprint density at radius 3 is 2.44 bits per heavy atom. The van der Waals surface area contributed by atoms with Crippen LogP contribution in [0.3, 0.4) is 0 Å². The molecule has 0 saturated heterocycles. The fourth-order valence-electron chi connectivity index (χ4n) is 3.03. The Hall–Kier alpha value is -3.42. The highest BCUT2D eigenvalue weighted by Gasteiger charge is 2.06. The van der Waals surface area contributed by atoms with Crippen LogP contribution in [-0.4, -0.2) is 56.9 Å². The third-order valence-corrected chi connectivity index (χ3v) is 4.60. The Morgan fingerprint density at radius 1 is 1.00 bits per heavy atom. The lowest BCUT2D eigenvalue weighted by molar-refractivity contribution is 0.0954. The average Bonchev–Trinajstić information content (AvgIpc) is 2.80. The summed E-state index contributed by atoms with van der Waals surface area (Å²) >= 11 is 0. The van der Waals surface area contributed by atoms with Crippen molar-refractivity contribution in [3.05, 3.63) is 53.6 Å². The van der Waals surface area contributed by atoms with Crippen molar-refractivity contribution in [3.63, 3.8) is 0 Å². The van der Waals surface area contributed by atoms with Gasteiger partial charge in [0.2, 0.25) is 0 Å². The molecule has 0 spiro atoms. The van der Waals surface area contributed by atoms with Crippen molar-refractivity contribution < 1.29 is 19.4 Å². The summed E-state index contributed by atoms with van der Waals surface area (Å²) in [6.45, 7) is 6.98. The van der Waals surface area contributed by atoms with Crippen molar-refractivity contribution in [2.75, 3.05) is 39.9 Å². The van der Waals surface area contributed by atoms with Crippen LogP contribution in [-0.2, 0) is 6.42 Å². The first kappa shape index (κ1) is 24.8. The highest BCUT2D eigenvalue weighted by atomic mass is 16.5. The summed E-state index contributed by atoms with van der Waals surface area (Å²) in [5, 5.41) is 18.6. The number of benzene rings is 2. The molecule has 174 valence electrons. The van der Waals surface area contributed by atoms with Crippen molar-refractivity contribution in [3.8, 4) is 17.2 Å². The van der Waals surface area contributed by atoms with Crippen molar-refractivity contribution >= 4 is 11.9 Å². The van der Waals surface area contributed by atoms with E-state index in [0.29, 0.717) is 31.8 Å². The minimum atomic E-state index is -0.181. The van der Waals surface area contributed by atoms with E-state index in [4.69, 9.17) is 9.47 Å². The number of aromatic hydroxyl groups is 1. The molecule has 0 bridgehead atoms. The van der Waals surface area contributed by atoms with E-state index >= 15 is 0 Å². The number of rotatable bonds is 12. The number of nitrogens with zero attached hydrogens (tertiary/aromatic N) is 1. The molecule has 0 atom stereocenters. The summed E-state index contributed by atoms with van der Waals surface area (Å²) in [6.07, 6.45) is 1.78. The molecule has 32 heavy (non-hydrogen) atoms. The molecule has 0 radical (unpaired) electrons. The first-order valence-corrected chi connectivity index (χ1v) is 11.0. The lowest BCUT2D eigenvalue weighted by atomic mass is 10.1. The summed E-state index contributed by atoms with van der Waals surface area (Å²) in [4.78, 5) is 16.7. The number of carbonyl (C=O) groups is 1. The topological polar surface area (TPSA) is 104 Å². The van der Waals surface area contributed by atoms with Gasteiger partial charge < -0.3 is 30.5 Å². The Morgan fingerprint density at radius 2 is 1.75 bits per heavy atom. The quantitative estimate of drug-likeness (QED) is 0.229. The zero-order chi connectivity index (χ0) is 23.2. The van der Waals surface area contributed by atoms with Gasteiger partial charge in [0.25, 0.3) is 5.91 Å². The molecule has 2 aromatic rings. The number of guanidine groups is 1. The minimum absolute atomic E-state index is 0.136. The third kappa shape index (κ3) is 8.37. The maximum atomic E-state index is 12.1. The largest absolute Gasteiger partial charge is 0.508 e. The van der Waals surface area contributed by atoms with E-state index in [9.17, 15) is 9.90 Å². The SMILES string of the molecule is CCNC(=NCCCc1ccc(OC)c(OCC)c1)NCCNC(=O)c1ccc(O)cc1. The van der Waals surface area contributed by atoms with Crippen LogP contribution in [0.5, 0.6) is 17.2 Å². The number of amides is 1. The lowest BCUT2D eigenvalue weighted by Gasteiger charge is -2.12. The molecular weight excluding hydrogens is 408 g/mol. The number of phenols is 1. The number of hydrogen-bond acceptors (Lipinski definition) is 5. The van der Waals surface area contributed by atoms with Crippen LogP contribution in [0.15, 0.2) is 47.5 Å². The zero-order valence-electron chi connectivity index (χ0n) is 19.1. The maximum Gasteiger partial charge on any atom is 0.251 e. The highest BCUT2D eigenvalue weighted by molar-refractivity contribution is 5.94. The van der Waals surface area contributed by atoms with Crippen molar-refractivity contribution in [1.29, 1.82) is 0 Å². The van der Waals surface area contributed by atoms with Crippen molar-refractivity contribution in [2.24, 2.45) is 4.99 Å². The second-order valence-electron chi connectivity index (χ2n) is 7.01. The Kier molecular flexibility index (Phi) is 10.7. The van der Waals surface area contributed by atoms with E-state index in [1.807, 2.05) is 32.0 Å². The smallest absolute Gasteiger partial charge is 0.251 e. The number of phenolic OH excluding ortho intramolecular Hbond substituents is 1. The molecule has 0 aliphatic heterocycles. The minimum Gasteiger partial charge on any atom is -0.508 e. The molecule has 0 fully saturated rings. The van der Waals surface area contributed by atoms with Crippen molar-refractivity contribution in [1.82, 2.24) is 16.0 Å². The average molecular weight is 443 g/mol. The van der Waals surface area contributed by atoms with Crippen molar-refractivity contribution in [2.45, 2.75) is 26.7 Å². The first-order chi connectivity index (χ1) is 15.6. The van der Waals surface area contributed by atoms with Gasteiger partial charge >= 0.3 is 0 Å². The van der Waals surface area contributed by atoms with Crippen LogP contribution < -0.4 is 25.4 Å². The number of methoxy groups -OCH3 is 1. The predicted octanol–water partition coefficient (Wildman–Crippen LogP) is 2.72. The van der Waals surface area contributed by atoms with E-state index in [1.54, 1.807) is 19.2 Å². The van der Waals surface area contributed by atoms with Gasteiger partial charge in [-0.15, -0.1) is 0 Å². The Balaban J connectivity index is 1.76. The number of aliphatic imine (C=N–C) groups is 1. The van der Waals surface area contributed by atoms with Gasteiger partial charge in [0.05, 0.1) is 13.7 Å². The van der Waals surface area contributed by atoms with Gasteiger partial charge in [-0.05, 0) is 68.7 Å². The molecule has 0 aromatic heterocycles. The van der Waals surface area contributed by atoms with E-state index in [1.165, 1.54) is 17.7 Å². The van der Waals surface area contributed by atoms with Crippen LogP contribution >= 0.6 is 0 Å². The van der Waals surface area contributed by atoms with Gasteiger partial charge in [0.1, 0.15) is 5.75 Å². The van der Waals surface area contributed by atoms with Gasteiger partial charge in [-0.1, -0.05) is 6.07 Å². The van der Waals surface area contributed by atoms with E-state index < -0.39 is 0 Å². The molecule has 0 aliphatic rings. The summed E-state index contributed by atoms with van der Waals surface area (Å²) < 4.78 is 11.0. The standard InChI is InChI=1S/C24H34N4O4/c1-4-25-24(28-16-15-26-23(30)19-9-11-20(29)12-10-19)27-14-6-7-18-8-13-21(31-3)22(17-18)32-5-2/h8-13,17,29H,4-7,14-16H2,1-3H3,(H,26,30)(H2,25,27,28). The molecule has 0 heterocycles. The molecule has 0 aliphatic carbocycles. The second kappa shape index (κ2) is 13.8. The van der Waals surface area contributed by atoms with Crippen LogP contribution in [0.25, 0.3) is 0 Å². The molecule has 1 amide bonds. The van der Waals surface area contributed by atoms with Crippen LogP contribution in [0.2, 0.25) is 0 Å². The number of aryl methyl sites for hydroxylation is 1. The third-order valence-electron chi connectivity index (χ3n) is 4.60. The first-order valence-electron chi connectivity index (χ1n) is 11.0. The maximum absolute atomic E-state index is 12.1. The monoisotopic (exact) mass is 442 g/mol. The zero-order valence-corrected chi connectivity index (χ0v) is 19.1. The number of carbonyl (C=O) groups excluding carboxylic acids is 1. The Bertz CT molecular complexity index is 869. The molecule has 0 saturated carbocycles. The van der Waals surface area contributed by atoms with E-state index in [2.05, 4.69) is 20.9 Å². The molecule has 2 rings (SSSR count). The summed E-state index contributed by atoms with van der Waals surface area (Å²) in [5.41, 5.74) is 1.69. The molecule has 0 unspecified atom stereocenters. The summed E-state index contributed by atoms with van der Waals surface area (Å²) in [6, 6.07) is 12.2. The molecule has 2 aromatic carbocycles. The normalized spacial score (nSPS) is 11.0. The molecule has 8 nitrogen and oxygen atoms in total. The highest BCUT2D eigenvalue weighted by Crippen LogP contribution is 2.28. The van der Waals surface area contributed by atoms with Crippen LogP contribution in [0.1, 0.15) is 36.2 Å². The number of hydrogen-bond donors (Lipinski definition) is 4.